The number of hydrogen-bond acceptors (Lipinski definition) is 1. The monoisotopic (exact) mass is 683 g/mol. The average Bonchev–Trinajstić information content (AvgIpc) is 3.11. The van der Waals surface area contributed by atoms with Crippen molar-refractivity contribution < 1.29 is 5.11 Å². The molecular weight excluding hydrogens is 593 g/mol. The largest absolute Gasteiger partial charge is 0.508 e. The van der Waals surface area contributed by atoms with Gasteiger partial charge in [0.15, 0.2) is 0 Å². The van der Waals surface area contributed by atoms with Crippen LogP contribution < -0.4 is 0 Å². The molecule has 0 aliphatic heterocycles. The molecule has 1 aromatic carbocycles. The normalized spacial score (nSPS) is 11.6. The molecule has 1 aromatic rings. The smallest absolute Gasteiger partial charge is 0.119 e. The number of phenolic OH excluding ortho intramolecular Hbond substituents is 1. The molecule has 1 nitrogen and oxygen atoms in total. The molecule has 0 amide bonds. The van der Waals surface area contributed by atoms with Crippen LogP contribution in [0.4, 0.5) is 0 Å². The van der Waals surface area contributed by atoms with Crippen LogP contribution in [0.3, 0.4) is 0 Å². The van der Waals surface area contributed by atoms with Crippen molar-refractivity contribution in [3.63, 3.8) is 0 Å². The lowest BCUT2D eigenvalue weighted by Crippen LogP contribution is -2.03. The Morgan fingerprint density at radius 1 is 0.286 bits per heavy atom. The van der Waals surface area contributed by atoms with Gasteiger partial charge in [-0.3, -0.25) is 0 Å². The van der Waals surface area contributed by atoms with Crippen LogP contribution >= 0.6 is 0 Å². The summed E-state index contributed by atoms with van der Waals surface area (Å²) in [4.78, 5) is 0. The van der Waals surface area contributed by atoms with E-state index in [1.807, 2.05) is 6.07 Å². The fourth-order valence-corrected chi connectivity index (χ4v) is 8.00. The second kappa shape index (κ2) is 36.8. The van der Waals surface area contributed by atoms with Gasteiger partial charge < -0.3 is 5.11 Å². The summed E-state index contributed by atoms with van der Waals surface area (Å²) in [5, 5.41) is 11.1. The third-order valence-corrected chi connectivity index (χ3v) is 11.4. The van der Waals surface area contributed by atoms with Crippen LogP contribution in [0.15, 0.2) is 12.1 Å². The summed E-state index contributed by atoms with van der Waals surface area (Å²) in [7, 11) is 0. The lowest BCUT2D eigenvalue weighted by atomic mass is 9.89. The van der Waals surface area contributed by atoms with Crippen LogP contribution in [-0.4, -0.2) is 5.11 Å². The highest BCUT2D eigenvalue weighted by atomic mass is 16.3. The zero-order valence-electron chi connectivity index (χ0n) is 34.2. The molecule has 0 aromatic heterocycles. The number of rotatable bonds is 39. The molecule has 1 N–H and O–H groups in total. The molecule has 0 unspecified atom stereocenters. The van der Waals surface area contributed by atoms with Crippen LogP contribution in [0, 0.1) is 0 Å². The molecule has 0 bridgehead atoms. The molecule has 1 heteroatoms. The highest BCUT2D eigenvalue weighted by molar-refractivity contribution is 5.45. The first kappa shape index (κ1) is 46.0. The molecule has 288 valence electrons. The number of unbranched alkanes of at least 4 members (excludes halogenated alkanes) is 33. The summed E-state index contributed by atoms with van der Waals surface area (Å²) in [5.74, 6) is 0.579. The molecule has 0 fully saturated rings. The van der Waals surface area contributed by atoms with Crippen molar-refractivity contribution in [1.82, 2.24) is 0 Å². The van der Waals surface area contributed by atoms with E-state index in [0.29, 0.717) is 5.75 Å². The summed E-state index contributed by atoms with van der Waals surface area (Å²) >= 11 is 0. The summed E-state index contributed by atoms with van der Waals surface area (Å²) in [6.45, 7) is 6.92. The molecular formula is C48H90O. The van der Waals surface area contributed by atoms with Gasteiger partial charge in [-0.25, -0.2) is 0 Å². The molecule has 0 aliphatic rings. The Morgan fingerprint density at radius 2 is 0.531 bits per heavy atom. The van der Waals surface area contributed by atoms with Crippen molar-refractivity contribution >= 4 is 0 Å². The fraction of sp³-hybridized carbons (Fsp3) is 0.875. The molecule has 0 aliphatic carbocycles. The molecule has 0 saturated heterocycles. The van der Waals surface area contributed by atoms with E-state index in [4.69, 9.17) is 0 Å². The van der Waals surface area contributed by atoms with Gasteiger partial charge in [-0.05, 0) is 61.3 Å². The average molecular weight is 683 g/mol. The quantitative estimate of drug-likeness (QED) is 0.0685. The van der Waals surface area contributed by atoms with Gasteiger partial charge in [0.1, 0.15) is 5.75 Å². The first-order chi connectivity index (χ1) is 24.2. The van der Waals surface area contributed by atoms with E-state index in [2.05, 4.69) is 26.8 Å². The second-order valence-corrected chi connectivity index (χ2v) is 16.1. The van der Waals surface area contributed by atoms with E-state index in [1.54, 1.807) is 11.1 Å². The fourth-order valence-electron chi connectivity index (χ4n) is 8.00. The molecule has 1 rings (SSSR count). The predicted octanol–water partition coefficient (Wildman–Crippen LogP) is 17.1. The number of hydrogen-bond donors (Lipinski definition) is 1. The van der Waals surface area contributed by atoms with Crippen molar-refractivity contribution in [2.24, 2.45) is 0 Å². The molecule has 0 radical (unpaired) electrons. The molecule has 0 saturated carbocycles. The predicted molar refractivity (Wildman–Crippen MR) is 222 cm³/mol. The maximum Gasteiger partial charge on any atom is 0.119 e. The van der Waals surface area contributed by atoms with Crippen molar-refractivity contribution in [1.29, 1.82) is 0 Å². The third-order valence-electron chi connectivity index (χ3n) is 11.4. The lowest BCUT2D eigenvalue weighted by Gasteiger charge is -2.17. The highest BCUT2D eigenvalue weighted by Crippen LogP contribution is 2.30. The first-order valence-electron chi connectivity index (χ1n) is 23.1. The Bertz CT molecular complexity index is 797. The second-order valence-electron chi connectivity index (χ2n) is 16.1. The topological polar surface area (TPSA) is 20.2 Å². The van der Waals surface area contributed by atoms with Crippen molar-refractivity contribution in [3.8, 4) is 5.75 Å². The van der Waals surface area contributed by atoms with E-state index < -0.39 is 0 Å². The first-order valence-corrected chi connectivity index (χ1v) is 23.1. The van der Waals surface area contributed by atoms with Crippen molar-refractivity contribution in [3.05, 3.63) is 28.8 Å². The molecule has 0 atom stereocenters. The molecule has 0 spiro atoms. The van der Waals surface area contributed by atoms with Crippen LogP contribution in [0.5, 0.6) is 5.75 Å². The van der Waals surface area contributed by atoms with Gasteiger partial charge in [0, 0.05) is 0 Å². The highest BCUT2D eigenvalue weighted by Gasteiger charge is 2.13. The Hall–Kier alpha value is -0.980. The Morgan fingerprint density at radius 3 is 0.837 bits per heavy atom. The zero-order chi connectivity index (χ0) is 35.3. The van der Waals surface area contributed by atoms with Crippen LogP contribution in [0.2, 0.25) is 0 Å². The van der Waals surface area contributed by atoms with E-state index >= 15 is 0 Å². The number of phenols is 1. The standard InChI is InChI=1S/C48H90O/c1-4-7-10-13-16-19-22-25-28-31-34-37-40-45-43-44-48(49)47(42-39-36-33-30-27-24-21-18-15-12-9-6-3)46(45)41-38-35-32-29-26-23-20-17-14-11-8-5-2/h43-44,49H,4-42H2,1-3H3. The lowest BCUT2D eigenvalue weighted by molar-refractivity contribution is 0.463. The summed E-state index contributed by atoms with van der Waals surface area (Å²) in [6.07, 6.45) is 53.9. The Kier molecular flexibility index (Phi) is 34.6. The van der Waals surface area contributed by atoms with E-state index in [9.17, 15) is 5.11 Å². The van der Waals surface area contributed by atoms with Crippen LogP contribution in [-0.2, 0) is 19.3 Å². The minimum Gasteiger partial charge on any atom is -0.508 e. The van der Waals surface area contributed by atoms with E-state index in [0.717, 1.165) is 6.42 Å². The number of aromatic hydroxyl groups is 1. The number of benzene rings is 1. The van der Waals surface area contributed by atoms with Gasteiger partial charge in [0.2, 0.25) is 0 Å². The van der Waals surface area contributed by atoms with Gasteiger partial charge in [-0.1, -0.05) is 239 Å². The van der Waals surface area contributed by atoms with Crippen LogP contribution in [0.1, 0.15) is 269 Å². The van der Waals surface area contributed by atoms with E-state index in [-0.39, 0.29) is 0 Å². The van der Waals surface area contributed by atoms with Gasteiger partial charge in [-0.2, -0.15) is 0 Å². The minimum atomic E-state index is 0.579. The summed E-state index contributed by atoms with van der Waals surface area (Å²) < 4.78 is 0. The Balaban J connectivity index is 2.44. The summed E-state index contributed by atoms with van der Waals surface area (Å²) in [5.41, 5.74) is 4.41. The summed E-state index contributed by atoms with van der Waals surface area (Å²) in [6, 6.07) is 4.33. The van der Waals surface area contributed by atoms with Gasteiger partial charge >= 0.3 is 0 Å². The maximum atomic E-state index is 11.1. The van der Waals surface area contributed by atoms with Gasteiger partial charge in [0.05, 0.1) is 0 Å². The Labute approximate surface area is 310 Å². The van der Waals surface area contributed by atoms with Gasteiger partial charge in [-0.15, -0.1) is 0 Å². The van der Waals surface area contributed by atoms with E-state index in [1.165, 1.54) is 250 Å². The van der Waals surface area contributed by atoms with Gasteiger partial charge in [0.25, 0.3) is 0 Å². The molecule has 0 heterocycles. The maximum absolute atomic E-state index is 11.1. The molecule has 49 heavy (non-hydrogen) atoms. The third kappa shape index (κ3) is 28.3. The van der Waals surface area contributed by atoms with Crippen LogP contribution in [0.25, 0.3) is 0 Å². The minimum absolute atomic E-state index is 0.579. The SMILES string of the molecule is CCCCCCCCCCCCCCc1ccc(O)c(CCCCCCCCCCCCCC)c1CCCCCCCCCCCCCC. The number of aryl methyl sites for hydroxylation is 1. The zero-order valence-corrected chi connectivity index (χ0v) is 34.2. The van der Waals surface area contributed by atoms with Crippen molar-refractivity contribution in [2.45, 2.75) is 271 Å². The van der Waals surface area contributed by atoms with Crippen molar-refractivity contribution in [2.75, 3.05) is 0 Å².